The Morgan fingerprint density at radius 2 is 1.02 bits per heavy atom. The highest BCUT2D eigenvalue weighted by atomic mass is 16.7. The van der Waals surface area contributed by atoms with Gasteiger partial charge < -0.3 is 39.4 Å². The second-order valence-corrected chi connectivity index (χ2v) is 14.8. The molecule has 0 aromatic rings. The van der Waals surface area contributed by atoms with Crippen LogP contribution in [0.5, 0.6) is 0 Å². The maximum atomic E-state index is 12.7. The largest absolute Gasteiger partial charge is 0.462 e. The Hall–Kier alpha value is -2.34. The molecule has 0 aliphatic carbocycles. The van der Waals surface area contributed by atoms with Gasteiger partial charge in [-0.2, -0.15) is 0 Å². The van der Waals surface area contributed by atoms with Crippen LogP contribution in [-0.4, -0.2) is 89.0 Å². The molecule has 0 bridgehead atoms. The first-order chi connectivity index (χ1) is 26.8. The quantitative estimate of drug-likeness (QED) is 0.0279. The SMILES string of the molecule is CCCCC/C=C\C/C=C\CCCCCCCC(=O)OCC(COC1OC(CO)C(O)C(O)C1O)OC(=O)CCCCCCC/C=C\C/C=C\CCCCC. The third kappa shape index (κ3) is 27.8. The number of aliphatic hydroxyl groups excluding tert-OH is 4. The molecule has 0 aromatic carbocycles. The lowest BCUT2D eigenvalue weighted by molar-refractivity contribution is -0.305. The normalized spacial score (nSPS) is 21.0. The lowest BCUT2D eigenvalue weighted by atomic mass is 9.99. The molecule has 1 aliphatic heterocycles. The first-order valence-electron chi connectivity index (χ1n) is 21.7. The molecule has 0 radical (unpaired) electrons. The number of hydrogen-bond acceptors (Lipinski definition) is 10. The molecule has 6 unspecified atom stereocenters. The van der Waals surface area contributed by atoms with Gasteiger partial charge in [0.1, 0.15) is 31.0 Å². The summed E-state index contributed by atoms with van der Waals surface area (Å²) < 4.78 is 22.1. The number of esters is 2. The van der Waals surface area contributed by atoms with E-state index in [9.17, 15) is 30.0 Å². The van der Waals surface area contributed by atoms with E-state index in [0.717, 1.165) is 83.5 Å². The molecule has 0 spiro atoms. The van der Waals surface area contributed by atoms with Crippen molar-refractivity contribution in [1.29, 1.82) is 0 Å². The van der Waals surface area contributed by atoms with Gasteiger partial charge in [-0.15, -0.1) is 0 Å². The summed E-state index contributed by atoms with van der Waals surface area (Å²) in [5.74, 6) is -0.842. The van der Waals surface area contributed by atoms with Crippen LogP contribution in [0.15, 0.2) is 48.6 Å². The summed E-state index contributed by atoms with van der Waals surface area (Å²) >= 11 is 0. The van der Waals surface area contributed by atoms with Crippen molar-refractivity contribution >= 4 is 11.9 Å². The van der Waals surface area contributed by atoms with Crippen LogP contribution >= 0.6 is 0 Å². The fourth-order valence-electron chi connectivity index (χ4n) is 6.19. The van der Waals surface area contributed by atoms with Crippen LogP contribution in [0.25, 0.3) is 0 Å². The molecule has 1 rings (SSSR count). The van der Waals surface area contributed by atoms with Crippen molar-refractivity contribution in [2.75, 3.05) is 19.8 Å². The van der Waals surface area contributed by atoms with Gasteiger partial charge >= 0.3 is 11.9 Å². The van der Waals surface area contributed by atoms with Crippen molar-refractivity contribution in [3.63, 3.8) is 0 Å². The summed E-state index contributed by atoms with van der Waals surface area (Å²) in [5, 5.41) is 40.0. The maximum absolute atomic E-state index is 12.7. The average molecular weight is 779 g/mol. The van der Waals surface area contributed by atoms with Crippen molar-refractivity contribution in [3.05, 3.63) is 48.6 Å². The van der Waals surface area contributed by atoms with Crippen molar-refractivity contribution in [2.45, 2.75) is 205 Å². The zero-order valence-electron chi connectivity index (χ0n) is 34.4. The highest BCUT2D eigenvalue weighted by Gasteiger charge is 2.44. The van der Waals surface area contributed by atoms with Gasteiger partial charge in [-0.25, -0.2) is 0 Å². The van der Waals surface area contributed by atoms with Gasteiger partial charge in [0.25, 0.3) is 0 Å². The van der Waals surface area contributed by atoms with E-state index in [1.807, 2.05) is 0 Å². The summed E-state index contributed by atoms with van der Waals surface area (Å²) in [7, 11) is 0. The number of carbonyl (C=O) groups excluding carboxylic acids is 2. The first-order valence-corrected chi connectivity index (χ1v) is 21.7. The van der Waals surface area contributed by atoms with Crippen LogP contribution in [0.2, 0.25) is 0 Å². The standard InChI is InChI=1S/C45H78O10/c1-3-5-7-9-11-13-15-17-19-21-23-25-27-29-31-33-40(47)52-36-38(37-53-45-44(51)43(50)42(49)39(35-46)55-45)54-41(48)34-32-30-28-26-24-22-20-18-16-14-12-10-8-6-4-2/h11-14,17-20,38-39,42-46,49-51H,3-10,15-16,21-37H2,1-2H3/b13-11-,14-12-,19-17-,20-18-. The highest BCUT2D eigenvalue weighted by Crippen LogP contribution is 2.22. The molecule has 55 heavy (non-hydrogen) atoms. The summed E-state index contributed by atoms with van der Waals surface area (Å²) in [6.45, 7) is 3.33. The fraction of sp³-hybridized carbons (Fsp3) is 0.778. The predicted molar refractivity (Wildman–Crippen MR) is 219 cm³/mol. The number of aliphatic hydroxyl groups is 4. The lowest BCUT2D eigenvalue weighted by Crippen LogP contribution is -2.59. The Morgan fingerprint density at radius 3 is 1.51 bits per heavy atom. The Bertz CT molecular complexity index is 1040. The molecule has 0 saturated carbocycles. The minimum Gasteiger partial charge on any atom is -0.462 e. The molecular weight excluding hydrogens is 700 g/mol. The molecule has 10 nitrogen and oxygen atoms in total. The number of rotatable bonds is 35. The Labute approximate surface area is 333 Å². The number of unbranched alkanes of at least 4 members (excludes halogenated alkanes) is 16. The monoisotopic (exact) mass is 779 g/mol. The van der Waals surface area contributed by atoms with Crippen LogP contribution < -0.4 is 0 Å². The third-order valence-corrected chi connectivity index (χ3v) is 9.69. The molecule has 4 N–H and O–H groups in total. The fourth-order valence-corrected chi connectivity index (χ4v) is 6.19. The first kappa shape index (κ1) is 50.7. The van der Waals surface area contributed by atoms with E-state index in [0.29, 0.717) is 12.8 Å². The van der Waals surface area contributed by atoms with E-state index in [2.05, 4.69) is 62.5 Å². The molecular formula is C45H78O10. The van der Waals surface area contributed by atoms with Gasteiger partial charge in [-0.05, 0) is 77.0 Å². The van der Waals surface area contributed by atoms with Gasteiger partial charge in [0.05, 0.1) is 13.2 Å². The summed E-state index contributed by atoms with van der Waals surface area (Å²) in [6, 6.07) is 0. The molecule has 1 heterocycles. The van der Waals surface area contributed by atoms with Crippen molar-refractivity contribution in [1.82, 2.24) is 0 Å². The smallest absolute Gasteiger partial charge is 0.306 e. The Morgan fingerprint density at radius 1 is 0.564 bits per heavy atom. The van der Waals surface area contributed by atoms with Gasteiger partial charge in [-0.3, -0.25) is 9.59 Å². The molecule has 0 amide bonds. The predicted octanol–water partition coefficient (Wildman–Crippen LogP) is 8.88. The number of carbonyl (C=O) groups is 2. The number of ether oxygens (including phenoxy) is 4. The minimum atomic E-state index is -1.60. The van der Waals surface area contributed by atoms with Crippen LogP contribution in [0.3, 0.4) is 0 Å². The third-order valence-electron chi connectivity index (χ3n) is 9.69. The molecule has 10 heteroatoms. The zero-order chi connectivity index (χ0) is 40.2. The van der Waals surface area contributed by atoms with E-state index < -0.39 is 55.4 Å². The van der Waals surface area contributed by atoms with Crippen LogP contribution in [0.1, 0.15) is 168 Å². The average Bonchev–Trinajstić information content (AvgIpc) is 3.18. The van der Waals surface area contributed by atoms with E-state index >= 15 is 0 Å². The van der Waals surface area contributed by atoms with E-state index in [-0.39, 0.29) is 26.1 Å². The molecule has 1 saturated heterocycles. The number of allylic oxidation sites excluding steroid dienone is 8. The highest BCUT2D eigenvalue weighted by molar-refractivity contribution is 5.70. The molecule has 1 fully saturated rings. The maximum Gasteiger partial charge on any atom is 0.306 e. The van der Waals surface area contributed by atoms with Crippen LogP contribution in [0.4, 0.5) is 0 Å². The number of hydrogen-bond donors (Lipinski definition) is 4. The van der Waals surface area contributed by atoms with Gasteiger partial charge in [0.15, 0.2) is 12.4 Å². The van der Waals surface area contributed by atoms with Crippen LogP contribution in [-0.2, 0) is 28.5 Å². The van der Waals surface area contributed by atoms with Crippen LogP contribution in [0, 0.1) is 0 Å². The van der Waals surface area contributed by atoms with Crippen molar-refractivity contribution in [3.8, 4) is 0 Å². The Balaban J connectivity index is 2.38. The lowest BCUT2D eigenvalue weighted by Gasteiger charge is -2.39. The van der Waals surface area contributed by atoms with E-state index in [1.165, 1.54) is 44.9 Å². The van der Waals surface area contributed by atoms with E-state index in [1.54, 1.807) is 0 Å². The summed E-state index contributed by atoms with van der Waals surface area (Å²) in [4.78, 5) is 25.3. The molecule has 318 valence electrons. The second-order valence-electron chi connectivity index (χ2n) is 14.8. The minimum absolute atomic E-state index is 0.209. The molecule has 0 aromatic heterocycles. The van der Waals surface area contributed by atoms with Gasteiger partial charge in [0.2, 0.25) is 0 Å². The molecule has 6 atom stereocenters. The van der Waals surface area contributed by atoms with Gasteiger partial charge in [0, 0.05) is 12.8 Å². The second kappa shape index (κ2) is 36.0. The van der Waals surface area contributed by atoms with Crippen molar-refractivity contribution < 1.29 is 49.0 Å². The molecule has 1 aliphatic rings. The summed E-state index contributed by atoms with van der Waals surface area (Å²) in [6.07, 6.45) is 33.9. The zero-order valence-corrected chi connectivity index (χ0v) is 34.4. The summed E-state index contributed by atoms with van der Waals surface area (Å²) in [5.41, 5.74) is 0. The van der Waals surface area contributed by atoms with Gasteiger partial charge in [-0.1, -0.05) is 127 Å². The van der Waals surface area contributed by atoms with E-state index in [4.69, 9.17) is 18.9 Å². The Kier molecular flexibility index (Phi) is 33.2. The van der Waals surface area contributed by atoms with Crippen molar-refractivity contribution in [2.24, 2.45) is 0 Å². The topological polar surface area (TPSA) is 152 Å².